The Morgan fingerprint density at radius 1 is 0.839 bits per heavy atom. The van der Waals surface area contributed by atoms with E-state index in [9.17, 15) is 9.59 Å². The maximum absolute atomic E-state index is 12.7. The molecular formula is C24H30N2O5. The highest BCUT2D eigenvalue weighted by Crippen LogP contribution is 2.19. The van der Waals surface area contributed by atoms with Crippen molar-refractivity contribution in [3.63, 3.8) is 0 Å². The summed E-state index contributed by atoms with van der Waals surface area (Å²) in [5, 5.41) is 3.00. The maximum Gasteiger partial charge on any atom is 0.258 e. The highest BCUT2D eigenvalue weighted by atomic mass is 16.5. The highest BCUT2D eigenvalue weighted by molar-refractivity contribution is 5.94. The number of hydrogen-bond acceptors (Lipinski definition) is 5. The molecule has 1 aliphatic heterocycles. The molecule has 0 aromatic heterocycles. The van der Waals surface area contributed by atoms with Gasteiger partial charge in [-0.05, 0) is 75.2 Å². The smallest absolute Gasteiger partial charge is 0.258 e. The van der Waals surface area contributed by atoms with E-state index < -0.39 is 0 Å². The lowest BCUT2D eigenvalue weighted by atomic mass is 10.0. The van der Waals surface area contributed by atoms with E-state index in [1.54, 1.807) is 24.3 Å². The Labute approximate surface area is 183 Å². The molecule has 0 bridgehead atoms. The minimum absolute atomic E-state index is 0.00616. The van der Waals surface area contributed by atoms with E-state index in [2.05, 4.69) is 5.32 Å². The van der Waals surface area contributed by atoms with Crippen LogP contribution in [-0.2, 0) is 4.79 Å². The summed E-state index contributed by atoms with van der Waals surface area (Å²) in [7, 11) is 0. The lowest BCUT2D eigenvalue weighted by Gasteiger charge is -2.32. The summed E-state index contributed by atoms with van der Waals surface area (Å²) in [6, 6.07) is 14.4. The molecule has 0 atom stereocenters. The molecule has 0 aliphatic carbocycles. The van der Waals surface area contributed by atoms with Gasteiger partial charge in [-0.1, -0.05) is 0 Å². The summed E-state index contributed by atoms with van der Waals surface area (Å²) in [6.07, 6.45) is 1.44. The number of benzene rings is 2. The van der Waals surface area contributed by atoms with Gasteiger partial charge in [0.2, 0.25) is 0 Å². The van der Waals surface area contributed by atoms with Crippen molar-refractivity contribution in [2.24, 2.45) is 0 Å². The lowest BCUT2D eigenvalue weighted by molar-refractivity contribution is -0.124. The van der Waals surface area contributed by atoms with E-state index in [1.165, 1.54) is 0 Å². The topological polar surface area (TPSA) is 77.1 Å². The zero-order valence-corrected chi connectivity index (χ0v) is 18.1. The quantitative estimate of drug-likeness (QED) is 0.666. The predicted octanol–water partition coefficient (Wildman–Crippen LogP) is 3.28. The second-order valence-corrected chi connectivity index (χ2v) is 7.28. The highest BCUT2D eigenvalue weighted by Gasteiger charge is 2.24. The van der Waals surface area contributed by atoms with Gasteiger partial charge in [-0.25, -0.2) is 0 Å². The molecule has 1 heterocycles. The van der Waals surface area contributed by atoms with Gasteiger partial charge in [-0.3, -0.25) is 9.59 Å². The fourth-order valence-electron chi connectivity index (χ4n) is 3.49. The first-order chi connectivity index (χ1) is 15.1. The predicted molar refractivity (Wildman–Crippen MR) is 118 cm³/mol. The van der Waals surface area contributed by atoms with E-state index in [0.29, 0.717) is 37.6 Å². The van der Waals surface area contributed by atoms with Crippen molar-refractivity contribution >= 4 is 11.8 Å². The molecule has 166 valence electrons. The number of piperidine rings is 1. The lowest BCUT2D eigenvalue weighted by Crippen LogP contribution is -2.47. The third-order valence-corrected chi connectivity index (χ3v) is 5.06. The van der Waals surface area contributed by atoms with Crippen molar-refractivity contribution in [2.45, 2.75) is 32.7 Å². The van der Waals surface area contributed by atoms with Crippen LogP contribution in [0.25, 0.3) is 0 Å². The van der Waals surface area contributed by atoms with Gasteiger partial charge in [0.05, 0.1) is 13.2 Å². The molecular weight excluding hydrogens is 396 g/mol. The van der Waals surface area contributed by atoms with Crippen LogP contribution in [-0.4, -0.2) is 55.7 Å². The molecule has 31 heavy (non-hydrogen) atoms. The zero-order chi connectivity index (χ0) is 22.1. The molecule has 0 radical (unpaired) electrons. The van der Waals surface area contributed by atoms with E-state index in [4.69, 9.17) is 14.2 Å². The first-order valence-electron chi connectivity index (χ1n) is 10.8. The molecule has 1 aliphatic rings. The Kier molecular flexibility index (Phi) is 8.15. The van der Waals surface area contributed by atoms with Gasteiger partial charge in [0.15, 0.2) is 6.61 Å². The van der Waals surface area contributed by atoms with Gasteiger partial charge in [0.1, 0.15) is 17.2 Å². The maximum atomic E-state index is 12.7. The van der Waals surface area contributed by atoms with Gasteiger partial charge in [-0.2, -0.15) is 0 Å². The minimum Gasteiger partial charge on any atom is -0.494 e. The number of amides is 2. The Balaban J connectivity index is 1.39. The number of carbonyl (C=O) groups excluding carboxylic acids is 2. The molecule has 1 fully saturated rings. The summed E-state index contributed by atoms with van der Waals surface area (Å²) in [5.74, 6) is 1.99. The second kappa shape index (κ2) is 11.2. The number of likely N-dealkylation sites (tertiary alicyclic amines) is 1. The van der Waals surface area contributed by atoms with Crippen molar-refractivity contribution in [2.75, 3.05) is 32.9 Å². The van der Waals surface area contributed by atoms with Gasteiger partial charge < -0.3 is 24.4 Å². The van der Waals surface area contributed by atoms with Crippen molar-refractivity contribution in [1.29, 1.82) is 0 Å². The van der Waals surface area contributed by atoms with Gasteiger partial charge in [0, 0.05) is 24.7 Å². The fourth-order valence-corrected chi connectivity index (χ4v) is 3.49. The zero-order valence-electron chi connectivity index (χ0n) is 18.1. The average molecular weight is 427 g/mol. The molecule has 2 amide bonds. The normalized spacial score (nSPS) is 14.1. The summed E-state index contributed by atoms with van der Waals surface area (Å²) in [5.41, 5.74) is 0.648. The van der Waals surface area contributed by atoms with E-state index in [-0.39, 0.29) is 24.5 Å². The number of ether oxygens (including phenoxy) is 3. The summed E-state index contributed by atoms with van der Waals surface area (Å²) in [4.78, 5) is 26.7. The van der Waals surface area contributed by atoms with Gasteiger partial charge in [0.25, 0.3) is 11.8 Å². The molecule has 0 spiro atoms. The largest absolute Gasteiger partial charge is 0.494 e. The van der Waals surface area contributed by atoms with Gasteiger partial charge in [-0.15, -0.1) is 0 Å². The number of nitrogens with one attached hydrogen (secondary N) is 1. The van der Waals surface area contributed by atoms with Crippen LogP contribution in [0.4, 0.5) is 0 Å². The summed E-state index contributed by atoms with van der Waals surface area (Å²) >= 11 is 0. The molecule has 1 N–H and O–H groups in total. The molecule has 3 rings (SSSR count). The Morgan fingerprint density at radius 2 is 1.32 bits per heavy atom. The fraction of sp³-hybridized carbons (Fsp3) is 0.417. The Hall–Kier alpha value is -3.22. The van der Waals surface area contributed by atoms with Crippen LogP contribution in [0.2, 0.25) is 0 Å². The van der Waals surface area contributed by atoms with Crippen LogP contribution in [0.15, 0.2) is 48.5 Å². The van der Waals surface area contributed by atoms with E-state index in [0.717, 1.165) is 24.3 Å². The Morgan fingerprint density at radius 3 is 1.84 bits per heavy atom. The van der Waals surface area contributed by atoms with E-state index in [1.807, 2.05) is 43.0 Å². The van der Waals surface area contributed by atoms with Crippen LogP contribution in [0.3, 0.4) is 0 Å². The average Bonchev–Trinajstić information content (AvgIpc) is 2.80. The summed E-state index contributed by atoms with van der Waals surface area (Å²) < 4.78 is 16.4. The van der Waals surface area contributed by atoms with Crippen LogP contribution in [0.5, 0.6) is 17.2 Å². The first-order valence-corrected chi connectivity index (χ1v) is 10.8. The molecule has 0 saturated carbocycles. The number of carbonyl (C=O) groups is 2. The van der Waals surface area contributed by atoms with Crippen molar-refractivity contribution < 1.29 is 23.8 Å². The first kappa shape index (κ1) is 22.5. The molecule has 2 aromatic carbocycles. The third-order valence-electron chi connectivity index (χ3n) is 5.06. The molecule has 2 aromatic rings. The number of nitrogens with zero attached hydrogens (tertiary/aromatic N) is 1. The van der Waals surface area contributed by atoms with Crippen molar-refractivity contribution in [3.8, 4) is 17.2 Å². The van der Waals surface area contributed by atoms with Crippen LogP contribution < -0.4 is 19.5 Å². The molecule has 1 saturated heterocycles. The standard InChI is InChI=1S/C24H30N2O5/c1-3-29-20-7-5-18(6-8-20)24(28)26-15-13-19(14-16-26)25-23(27)17-31-22-11-9-21(10-12-22)30-4-2/h5-12,19H,3-4,13-17H2,1-2H3,(H,25,27). The van der Waals surface area contributed by atoms with Crippen molar-refractivity contribution in [1.82, 2.24) is 10.2 Å². The van der Waals surface area contributed by atoms with Crippen LogP contribution in [0, 0.1) is 0 Å². The monoisotopic (exact) mass is 426 g/mol. The van der Waals surface area contributed by atoms with Crippen LogP contribution >= 0.6 is 0 Å². The Bertz CT molecular complexity index is 843. The molecule has 0 unspecified atom stereocenters. The molecule has 7 nitrogen and oxygen atoms in total. The summed E-state index contributed by atoms with van der Waals surface area (Å²) in [6.45, 7) is 6.22. The third kappa shape index (κ3) is 6.64. The number of hydrogen-bond donors (Lipinski definition) is 1. The van der Waals surface area contributed by atoms with Crippen LogP contribution in [0.1, 0.15) is 37.0 Å². The second-order valence-electron chi connectivity index (χ2n) is 7.28. The van der Waals surface area contributed by atoms with Crippen molar-refractivity contribution in [3.05, 3.63) is 54.1 Å². The SMILES string of the molecule is CCOc1ccc(OCC(=O)NC2CCN(C(=O)c3ccc(OCC)cc3)CC2)cc1. The van der Waals surface area contributed by atoms with Gasteiger partial charge >= 0.3 is 0 Å². The van der Waals surface area contributed by atoms with E-state index >= 15 is 0 Å². The molecule has 7 heteroatoms. The minimum atomic E-state index is -0.162. The number of rotatable bonds is 9.